The molecule has 0 radical (unpaired) electrons. The fourth-order valence-electron chi connectivity index (χ4n) is 2.70. The van der Waals surface area contributed by atoms with Gasteiger partial charge in [0.1, 0.15) is 17.4 Å². The van der Waals surface area contributed by atoms with Crippen molar-refractivity contribution in [3.63, 3.8) is 0 Å². The van der Waals surface area contributed by atoms with E-state index in [0.717, 1.165) is 22.3 Å². The third-order valence-electron chi connectivity index (χ3n) is 4.20. The molecule has 1 aromatic carbocycles. The first-order chi connectivity index (χ1) is 11.7. The van der Waals surface area contributed by atoms with E-state index in [4.69, 9.17) is 4.42 Å². The fraction of sp³-hybridized carbons (Fsp3) is 0.333. The first-order valence-electron chi connectivity index (χ1n) is 8.08. The van der Waals surface area contributed by atoms with E-state index in [1.54, 1.807) is 18.0 Å². The minimum atomic E-state index is -0.215. The number of aromatic nitrogens is 3. The van der Waals surface area contributed by atoms with Crippen LogP contribution in [0.3, 0.4) is 0 Å². The zero-order valence-electron chi connectivity index (χ0n) is 13.4. The summed E-state index contributed by atoms with van der Waals surface area (Å²) in [6.45, 7) is 2.74. The second-order valence-corrected chi connectivity index (χ2v) is 7.40. The summed E-state index contributed by atoms with van der Waals surface area (Å²) in [4.78, 5) is 0. The van der Waals surface area contributed by atoms with Gasteiger partial charge in [-0.1, -0.05) is 23.9 Å². The molecule has 4 rings (SSSR count). The van der Waals surface area contributed by atoms with Crippen LogP contribution in [0.15, 0.2) is 52.2 Å². The third kappa shape index (κ3) is 3.24. The van der Waals surface area contributed by atoms with E-state index in [2.05, 4.69) is 21.7 Å². The Morgan fingerprint density at radius 3 is 2.71 bits per heavy atom. The van der Waals surface area contributed by atoms with Gasteiger partial charge in [0.15, 0.2) is 5.16 Å². The SMILES string of the molecule is C[C@@H](Sc1nnc(C2CC2)n1Cc1ccco1)c1ccc(F)cc1. The van der Waals surface area contributed by atoms with Crippen LogP contribution in [0.2, 0.25) is 0 Å². The number of furan rings is 1. The van der Waals surface area contributed by atoms with Gasteiger partial charge in [-0.15, -0.1) is 10.2 Å². The average molecular weight is 343 g/mol. The van der Waals surface area contributed by atoms with Crippen LogP contribution in [-0.4, -0.2) is 14.8 Å². The number of hydrogen-bond acceptors (Lipinski definition) is 4. The summed E-state index contributed by atoms with van der Waals surface area (Å²) >= 11 is 1.64. The Bertz CT molecular complexity index is 809. The Labute approximate surface area is 144 Å². The highest BCUT2D eigenvalue weighted by atomic mass is 32.2. The molecule has 0 amide bonds. The van der Waals surface area contributed by atoms with Gasteiger partial charge in [0, 0.05) is 11.2 Å². The van der Waals surface area contributed by atoms with E-state index in [1.807, 2.05) is 24.3 Å². The van der Waals surface area contributed by atoms with Crippen LogP contribution in [0.1, 0.15) is 48.1 Å². The molecular weight excluding hydrogens is 325 g/mol. The highest BCUT2D eigenvalue weighted by Gasteiger charge is 2.31. The first kappa shape index (κ1) is 15.4. The van der Waals surface area contributed by atoms with E-state index >= 15 is 0 Å². The molecule has 0 unspecified atom stereocenters. The van der Waals surface area contributed by atoms with Crippen molar-refractivity contribution in [2.75, 3.05) is 0 Å². The largest absolute Gasteiger partial charge is 0.467 e. The molecule has 6 heteroatoms. The molecule has 0 N–H and O–H groups in total. The lowest BCUT2D eigenvalue weighted by Crippen LogP contribution is -2.06. The van der Waals surface area contributed by atoms with Crippen LogP contribution in [0.4, 0.5) is 4.39 Å². The summed E-state index contributed by atoms with van der Waals surface area (Å²) in [6.07, 6.45) is 4.04. The Kier molecular flexibility index (Phi) is 4.14. The predicted octanol–water partition coefficient (Wildman–Crippen LogP) is 4.79. The molecule has 2 heterocycles. The summed E-state index contributed by atoms with van der Waals surface area (Å²) in [5.41, 5.74) is 1.07. The monoisotopic (exact) mass is 343 g/mol. The molecular formula is C18H18FN3OS. The molecule has 1 atom stereocenters. The lowest BCUT2D eigenvalue weighted by Gasteiger charge is -2.13. The topological polar surface area (TPSA) is 43.9 Å². The predicted molar refractivity (Wildman–Crippen MR) is 90.5 cm³/mol. The number of benzene rings is 1. The van der Waals surface area contributed by atoms with Crippen molar-refractivity contribution >= 4 is 11.8 Å². The lowest BCUT2D eigenvalue weighted by atomic mass is 10.2. The van der Waals surface area contributed by atoms with Gasteiger partial charge in [-0.2, -0.15) is 0 Å². The number of thioether (sulfide) groups is 1. The smallest absolute Gasteiger partial charge is 0.192 e. The van der Waals surface area contributed by atoms with Gasteiger partial charge >= 0.3 is 0 Å². The van der Waals surface area contributed by atoms with E-state index in [-0.39, 0.29) is 11.1 Å². The number of rotatable bonds is 6. The minimum absolute atomic E-state index is 0.164. The second kappa shape index (κ2) is 6.43. The van der Waals surface area contributed by atoms with Gasteiger partial charge in [-0.05, 0) is 49.6 Å². The van der Waals surface area contributed by atoms with E-state index in [9.17, 15) is 4.39 Å². The standard InChI is InChI=1S/C18H18FN3OS/c1-12(13-6-8-15(19)9-7-13)24-18-21-20-17(14-4-5-14)22(18)11-16-3-2-10-23-16/h2-3,6-10,12,14H,4-5,11H2,1H3/t12-/m1/s1. The molecule has 1 saturated carbocycles. The van der Waals surface area contributed by atoms with Crippen LogP contribution in [-0.2, 0) is 6.54 Å². The molecule has 2 aromatic heterocycles. The van der Waals surface area contributed by atoms with Gasteiger partial charge in [0.25, 0.3) is 0 Å². The highest BCUT2D eigenvalue weighted by Crippen LogP contribution is 2.42. The molecule has 1 aliphatic carbocycles. The van der Waals surface area contributed by atoms with Crippen LogP contribution < -0.4 is 0 Å². The van der Waals surface area contributed by atoms with Crippen LogP contribution >= 0.6 is 11.8 Å². The molecule has 0 bridgehead atoms. The van der Waals surface area contributed by atoms with E-state index < -0.39 is 0 Å². The number of nitrogens with zero attached hydrogens (tertiary/aromatic N) is 3. The quantitative estimate of drug-likeness (QED) is 0.604. The van der Waals surface area contributed by atoms with Crippen molar-refractivity contribution in [3.8, 4) is 0 Å². The Morgan fingerprint density at radius 1 is 1.25 bits per heavy atom. The summed E-state index contributed by atoms with van der Waals surface area (Å²) in [6, 6.07) is 10.5. The first-order valence-corrected chi connectivity index (χ1v) is 8.96. The number of hydrogen-bond donors (Lipinski definition) is 0. The normalized spacial score (nSPS) is 15.6. The highest BCUT2D eigenvalue weighted by molar-refractivity contribution is 7.99. The molecule has 1 aliphatic rings. The molecule has 0 spiro atoms. The number of halogens is 1. The maximum Gasteiger partial charge on any atom is 0.192 e. The molecule has 3 aromatic rings. The van der Waals surface area contributed by atoms with Crippen LogP contribution in [0, 0.1) is 5.82 Å². The van der Waals surface area contributed by atoms with Crippen molar-refractivity contribution in [1.82, 2.24) is 14.8 Å². The van der Waals surface area contributed by atoms with Crippen LogP contribution in [0.5, 0.6) is 0 Å². The fourth-order valence-corrected chi connectivity index (χ4v) is 3.68. The Balaban J connectivity index is 1.59. The van der Waals surface area contributed by atoms with Crippen molar-refractivity contribution in [2.45, 2.75) is 42.6 Å². The third-order valence-corrected chi connectivity index (χ3v) is 5.34. The van der Waals surface area contributed by atoms with Gasteiger partial charge in [0.2, 0.25) is 0 Å². The van der Waals surface area contributed by atoms with Crippen molar-refractivity contribution in [2.24, 2.45) is 0 Å². The second-order valence-electron chi connectivity index (χ2n) is 6.09. The maximum absolute atomic E-state index is 13.1. The maximum atomic E-state index is 13.1. The summed E-state index contributed by atoms with van der Waals surface area (Å²) in [5.74, 6) is 2.24. The van der Waals surface area contributed by atoms with Crippen LogP contribution in [0.25, 0.3) is 0 Å². The van der Waals surface area contributed by atoms with Gasteiger partial charge < -0.3 is 4.42 Å². The molecule has 0 saturated heterocycles. The summed E-state index contributed by atoms with van der Waals surface area (Å²) in [7, 11) is 0. The van der Waals surface area contributed by atoms with E-state index in [0.29, 0.717) is 12.5 Å². The zero-order chi connectivity index (χ0) is 16.5. The molecule has 1 fully saturated rings. The molecule has 24 heavy (non-hydrogen) atoms. The molecule has 124 valence electrons. The average Bonchev–Trinajstić information content (AvgIpc) is 3.15. The molecule has 0 aliphatic heterocycles. The van der Waals surface area contributed by atoms with Crippen molar-refractivity contribution in [1.29, 1.82) is 0 Å². The summed E-state index contributed by atoms with van der Waals surface area (Å²) in [5, 5.41) is 9.85. The Hall–Kier alpha value is -2.08. The zero-order valence-corrected chi connectivity index (χ0v) is 14.2. The minimum Gasteiger partial charge on any atom is -0.467 e. The van der Waals surface area contributed by atoms with Crippen molar-refractivity contribution in [3.05, 3.63) is 65.6 Å². The van der Waals surface area contributed by atoms with Gasteiger partial charge in [0.05, 0.1) is 12.8 Å². The van der Waals surface area contributed by atoms with E-state index in [1.165, 1.54) is 25.0 Å². The van der Waals surface area contributed by atoms with Gasteiger partial charge in [-0.25, -0.2) is 4.39 Å². The lowest BCUT2D eigenvalue weighted by molar-refractivity contribution is 0.478. The van der Waals surface area contributed by atoms with Gasteiger partial charge in [-0.3, -0.25) is 4.57 Å². The Morgan fingerprint density at radius 2 is 2.04 bits per heavy atom. The summed E-state index contributed by atoms with van der Waals surface area (Å²) < 4.78 is 20.8. The van der Waals surface area contributed by atoms with Crippen molar-refractivity contribution < 1.29 is 8.81 Å². The molecule has 4 nitrogen and oxygen atoms in total.